The molecule has 0 aliphatic rings. The highest BCUT2D eigenvalue weighted by molar-refractivity contribution is 7.92. The zero-order valence-corrected chi connectivity index (χ0v) is 11.8. The molecule has 0 saturated carbocycles. The second-order valence-electron chi connectivity index (χ2n) is 4.28. The number of pyridine rings is 1. The van der Waals surface area contributed by atoms with E-state index in [0.29, 0.717) is 5.69 Å². The summed E-state index contributed by atoms with van der Waals surface area (Å²) >= 11 is 0. The van der Waals surface area contributed by atoms with E-state index in [4.69, 9.17) is 5.73 Å². The highest BCUT2D eigenvalue weighted by atomic mass is 32.2. The number of nitrogens with one attached hydrogen (secondary N) is 1. The van der Waals surface area contributed by atoms with E-state index in [2.05, 4.69) is 9.71 Å². The summed E-state index contributed by atoms with van der Waals surface area (Å²) in [5.41, 5.74) is 6.00. The number of aryl methyl sites for hydroxylation is 1. The molecular weight excluding hydrogens is 296 g/mol. The van der Waals surface area contributed by atoms with Crippen LogP contribution in [0.4, 0.5) is 17.1 Å². The molecule has 8 nitrogen and oxygen atoms in total. The van der Waals surface area contributed by atoms with E-state index in [0.717, 1.165) is 12.1 Å². The molecular formula is C12H12N4O4S. The molecule has 0 unspecified atom stereocenters. The van der Waals surface area contributed by atoms with Crippen LogP contribution < -0.4 is 10.5 Å². The van der Waals surface area contributed by atoms with E-state index in [-0.39, 0.29) is 11.4 Å². The van der Waals surface area contributed by atoms with Crippen LogP contribution >= 0.6 is 0 Å². The van der Waals surface area contributed by atoms with Gasteiger partial charge in [0.05, 0.1) is 16.8 Å². The van der Waals surface area contributed by atoms with Gasteiger partial charge in [0.1, 0.15) is 0 Å². The van der Waals surface area contributed by atoms with Gasteiger partial charge in [0, 0.05) is 17.4 Å². The Balaban J connectivity index is 2.46. The Bertz CT molecular complexity index is 787. The first-order chi connectivity index (χ1) is 9.79. The Labute approximate surface area is 120 Å². The third-order valence-corrected chi connectivity index (χ3v) is 4.04. The number of benzene rings is 1. The fourth-order valence-corrected chi connectivity index (χ4v) is 2.89. The second kappa shape index (κ2) is 5.37. The largest absolute Gasteiger partial charge is 0.399 e. The lowest BCUT2D eigenvalue weighted by Gasteiger charge is -2.09. The monoisotopic (exact) mass is 308 g/mol. The highest BCUT2D eigenvalue weighted by Crippen LogP contribution is 2.27. The summed E-state index contributed by atoms with van der Waals surface area (Å²) in [5.74, 6) is 0. The van der Waals surface area contributed by atoms with Crippen molar-refractivity contribution in [2.45, 2.75) is 11.8 Å². The lowest BCUT2D eigenvalue weighted by molar-refractivity contribution is -0.387. The first kappa shape index (κ1) is 14.7. The molecule has 1 aromatic heterocycles. The zero-order valence-electron chi connectivity index (χ0n) is 11.0. The SMILES string of the molecule is Cc1ccc(NS(=O)(=O)c2cc(N)ccc2[N+](=O)[O-])cn1. The smallest absolute Gasteiger partial charge is 0.290 e. The van der Waals surface area contributed by atoms with Gasteiger partial charge >= 0.3 is 0 Å². The minimum atomic E-state index is -4.14. The molecule has 0 amide bonds. The van der Waals surface area contributed by atoms with Crippen molar-refractivity contribution in [3.05, 3.63) is 52.3 Å². The molecule has 0 atom stereocenters. The van der Waals surface area contributed by atoms with E-state index in [1.807, 2.05) is 0 Å². The van der Waals surface area contributed by atoms with Crippen molar-refractivity contribution in [3.8, 4) is 0 Å². The summed E-state index contributed by atoms with van der Waals surface area (Å²) in [4.78, 5) is 13.6. The van der Waals surface area contributed by atoms with Crippen LogP contribution in [-0.4, -0.2) is 18.3 Å². The number of nitrogens with zero attached hydrogens (tertiary/aromatic N) is 2. The average molecular weight is 308 g/mol. The maximum absolute atomic E-state index is 12.3. The van der Waals surface area contributed by atoms with E-state index < -0.39 is 25.5 Å². The van der Waals surface area contributed by atoms with Crippen molar-refractivity contribution in [2.75, 3.05) is 10.5 Å². The Morgan fingerprint density at radius 2 is 2.00 bits per heavy atom. The Morgan fingerprint density at radius 1 is 1.29 bits per heavy atom. The normalized spacial score (nSPS) is 11.1. The number of nitro groups is 1. The standard InChI is InChI=1S/C12H12N4O4S/c1-8-2-4-10(7-14-8)15-21(19,20)12-6-9(13)3-5-11(12)16(17)18/h2-7,15H,13H2,1H3. The van der Waals surface area contributed by atoms with Crippen LogP contribution in [0.25, 0.3) is 0 Å². The number of hydrogen-bond acceptors (Lipinski definition) is 6. The van der Waals surface area contributed by atoms with E-state index in [9.17, 15) is 18.5 Å². The average Bonchev–Trinajstić information content (AvgIpc) is 2.41. The number of hydrogen-bond donors (Lipinski definition) is 2. The third kappa shape index (κ3) is 3.26. The molecule has 2 aromatic rings. The van der Waals surface area contributed by atoms with E-state index in [1.54, 1.807) is 13.0 Å². The molecule has 110 valence electrons. The molecule has 2 rings (SSSR count). The highest BCUT2D eigenvalue weighted by Gasteiger charge is 2.26. The fourth-order valence-electron chi connectivity index (χ4n) is 1.64. The van der Waals surface area contributed by atoms with Crippen LogP contribution in [-0.2, 0) is 10.0 Å². The van der Waals surface area contributed by atoms with Gasteiger partial charge in [-0.3, -0.25) is 19.8 Å². The molecule has 0 aliphatic heterocycles. The molecule has 0 bridgehead atoms. The van der Waals surface area contributed by atoms with Crippen molar-refractivity contribution < 1.29 is 13.3 Å². The number of nitrogens with two attached hydrogens (primary N) is 1. The van der Waals surface area contributed by atoms with Crippen LogP contribution in [0, 0.1) is 17.0 Å². The van der Waals surface area contributed by atoms with Crippen molar-refractivity contribution in [1.29, 1.82) is 0 Å². The van der Waals surface area contributed by atoms with Crippen molar-refractivity contribution >= 4 is 27.1 Å². The number of sulfonamides is 1. The van der Waals surface area contributed by atoms with E-state index in [1.165, 1.54) is 18.3 Å². The molecule has 9 heteroatoms. The summed E-state index contributed by atoms with van der Waals surface area (Å²) in [7, 11) is -4.14. The molecule has 0 fully saturated rings. The first-order valence-electron chi connectivity index (χ1n) is 5.79. The predicted molar refractivity (Wildman–Crippen MR) is 77.3 cm³/mol. The molecule has 1 aromatic carbocycles. The predicted octanol–water partition coefficient (Wildman–Crippen LogP) is 1.68. The van der Waals surface area contributed by atoms with Gasteiger partial charge in [-0.15, -0.1) is 0 Å². The minimum absolute atomic E-state index is 0.114. The van der Waals surface area contributed by atoms with Crippen LogP contribution in [0.1, 0.15) is 5.69 Å². The van der Waals surface area contributed by atoms with Gasteiger partial charge in [-0.25, -0.2) is 8.42 Å². The summed E-state index contributed by atoms with van der Waals surface area (Å²) in [6.07, 6.45) is 1.32. The molecule has 0 aliphatic carbocycles. The topological polar surface area (TPSA) is 128 Å². The number of rotatable bonds is 4. The van der Waals surface area contributed by atoms with Crippen molar-refractivity contribution in [1.82, 2.24) is 4.98 Å². The lowest BCUT2D eigenvalue weighted by Crippen LogP contribution is -2.15. The third-order valence-electron chi connectivity index (χ3n) is 2.63. The van der Waals surface area contributed by atoms with Gasteiger partial charge in [-0.2, -0.15) is 0 Å². The maximum atomic E-state index is 12.3. The quantitative estimate of drug-likeness (QED) is 0.502. The number of anilines is 2. The van der Waals surface area contributed by atoms with Crippen LogP contribution in [0.2, 0.25) is 0 Å². The minimum Gasteiger partial charge on any atom is -0.399 e. The first-order valence-corrected chi connectivity index (χ1v) is 7.27. The maximum Gasteiger partial charge on any atom is 0.290 e. The van der Waals surface area contributed by atoms with E-state index >= 15 is 0 Å². The van der Waals surface area contributed by atoms with Crippen LogP contribution in [0.3, 0.4) is 0 Å². The number of nitro benzene ring substituents is 1. The van der Waals surface area contributed by atoms with Crippen molar-refractivity contribution in [3.63, 3.8) is 0 Å². The van der Waals surface area contributed by atoms with Crippen LogP contribution in [0.5, 0.6) is 0 Å². The number of aromatic nitrogens is 1. The van der Waals surface area contributed by atoms with Gasteiger partial charge in [-0.05, 0) is 31.2 Å². The Hall–Kier alpha value is -2.68. The Kier molecular flexibility index (Phi) is 3.76. The van der Waals surface area contributed by atoms with Gasteiger partial charge in [0.25, 0.3) is 15.7 Å². The number of nitrogen functional groups attached to an aromatic ring is 1. The molecule has 0 saturated heterocycles. The molecule has 3 N–H and O–H groups in total. The fraction of sp³-hybridized carbons (Fsp3) is 0.0833. The molecule has 0 spiro atoms. The lowest BCUT2D eigenvalue weighted by atomic mass is 10.3. The summed E-state index contributed by atoms with van der Waals surface area (Å²) in [6, 6.07) is 6.49. The zero-order chi connectivity index (χ0) is 15.6. The summed E-state index contributed by atoms with van der Waals surface area (Å²) < 4.78 is 26.8. The molecule has 21 heavy (non-hydrogen) atoms. The second-order valence-corrected chi connectivity index (χ2v) is 5.93. The van der Waals surface area contributed by atoms with Gasteiger partial charge in [0.2, 0.25) is 0 Å². The summed E-state index contributed by atoms with van der Waals surface area (Å²) in [6.45, 7) is 1.75. The van der Waals surface area contributed by atoms with Crippen molar-refractivity contribution in [2.24, 2.45) is 0 Å². The Morgan fingerprint density at radius 3 is 2.57 bits per heavy atom. The van der Waals surface area contributed by atoms with Gasteiger partial charge in [0.15, 0.2) is 4.90 Å². The van der Waals surface area contributed by atoms with Gasteiger partial charge in [-0.1, -0.05) is 0 Å². The van der Waals surface area contributed by atoms with Gasteiger partial charge < -0.3 is 5.73 Å². The van der Waals surface area contributed by atoms with Crippen LogP contribution in [0.15, 0.2) is 41.4 Å². The summed E-state index contributed by atoms with van der Waals surface area (Å²) in [5, 5.41) is 10.9. The molecule has 0 radical (unpaired) electrons. The molecule has 1 heterocycles.